The molecule has 8 heteroatoms. The van der Waals surface area contributed by atoms with Crippen LogP contribution in [-0.4, -0.2) is 54.0 Å². The molecule has 1 saturated carbocycles. The van der Waals surface area contributed by atoms with Gasteiger partial charge in [-0.05, 0) is 19.8 Å². The number of carbonyl (C=O) groups excluding carboxylic acids is 4. The van der Waals surface area contributed by atoms with E-state index in [1.807, 2.05) is 0 Å². The molecule has 2 N–H and O–H groups in total. The smallest absolute Gasteiger partial charge is 0.327 e. The van der Waals surface area contributed by atoms with Crippen LogP contribution in [0.15, 0.2) is 0 Å². The second kappa shape index (κ2) is 6.55. The maximum absolute atomic E-state index is 11.9. The molecule has 21 heavy (non-hydrogen) atoms. The third-order valence-electron chi connectivity index (χ3n) is 3.60. The number of amides is 4. The standard InChI is InChI=1S/C13H19N3O5/c1-8(12(19)15-9-4-2-3-5-9)21-11(18)7-16-10(17)6-14-13(16)20/h8-9H,2-7H2,1H3,(H,14,20)(H,15,19)/t8-/m1/s1. The number of hydrogen-bond acceptors (Lipinski definition) is 5. The van der Waals surface area contributed by atoms with E-state index in [2.05, 4.69) is 10.6 Å². The summed E-state index contributed by atoms with van der Waals surface area (Å²) in [5, 5.41) is 5.12. The molecule has 2 aliphatic rings. The Morgan fingerprint density at radius 1 is 1.38 bits per heavy atom. The zero-order valence-electron chi connectivity index (χ0n) is 11.9. The Morgan fingerprint density at radius 3 is 2.62 bits per heavy atom. The van der Waals surface area contributed by atoms with E-state index in [1.54, 1.807) is 0 Å². The van der Waals surface area contributed by atoms with Gasteiger partial charge < -0.3 is 15.4 Å². The lowest BCUT2D eigenvalue weighted by atomic mass is 10.2. The van der Waals surface area contributed by atoms with Gasteiger partial charge in [0.15, 0.2) is 6.10 Å². The van der Waals surface area contributed by atoms with E-state index in [4.69, 9.17) is 4.74 Å². The van der Waals surface area contributed by atoms with Crippen molar-refractivity contribution in [3.63, 3.8) is 0 Å². The molecule has 2 rings (SSSR count). The van der Waals surface area contributed by atoms with Crippen molar-refractivity contribution in [1.29, 1.82) is 0 Å². The number of hydrogen-bond donors (Lipinski definition) is 2. The van der Waals surface area contributed by atoms with Crippen LogP contribution < -0.4 is 10.6 Å². The first-order valence-corrected chi connectivity index (χ1v) is 7.05. The van der Waals surface area contributed by atoms with Gasteiger partial charge in [0.2, 0.25) is 0 Å². The SMILES string of the molecule is C[C@@H](OC(=O)CN1C(=O)CNC1=O)C(=O)NC1CCCC1. The molecular weight excluding hydrogens is 278 g/mol. The second-order valence-electron chi connectivity index (χ2n) is 5.26. The molecule has 0 aromatic heterocycles. The fraction of sp³-hybridized carbons (Fsp3) is 0.692. The Kier molecular flexibility index (Phi) is 4.77. The van der Waals surface area contributed by atoms with E-state index in [0.717, 1.165) is 30.6 Å². The van der Waals surface area contributed by atoms with Crippen LogP contribution in [0.2, 0.25) is 0 Å². The molecule has 0 unspecified atom stereocenters. The van der Waals surface area contributed by atoms with E-state index < -0.39 is 30.6 Å². The van der Waals surface area contributed by atoms with Crippen molar-refractivity contribution in [2.45, 2.75) is 44.8 Å². The summed E-state index contributed by atoms with van der Waals surface area (Å²) in [5.41, 5.74) is 0. The summed E-state index contributed by atoms with van der Waals surface area (Å²) in [4.78, 5) is 46.9. The normalized spacial score (nSPS) is 20.3. The van der Waals surface area contributed by atoms with Gasteiger partial charge in [0.1, 0.15) is 6.54 Å². The lowest BCUT2D eigenvalue weighted by molar-refractivity contribution is -0.156. The molecule has 0 aromatic rings. The number of esters is 1. The fourth-order valence-corrected chi connectivity index (χ4v) is 2.42. The van der Waals surface area contributed by atoms with E-state index >= 15 is 0 Å². The van der Waals surface area contributed by atoms with Gasteiger partial charge in [-0.1, -0.05) is 12.8 Å². The van der Waals surface area contributed by atoms with Crippen molar-refractivity contribution in [3.05, 3.63) is 0 Å². The minimum Gasteiger partial charge on any atom is -0.451 e. The van der Waals surface area contributed by atoms with Crippen molar-refractivity contribution < 1.29 is 23.9 Å². The molecule has 2 fully saturated rings. The van der Waals surface area contributed by atoms with Crippen molar-refractivity contribution in [1.82, 2.24) is 15.5 Å². The van der Waals surface area contributed by atoms with Crippen molar-refractivity contribution >= 4 is 23.8 Å². The number of ether oxygens (including phenoxy) is 1. The van der Waals surface area contributed by atoms with Gasteiger partial charge in [-0.2, -0.15) is 0 Å². The van der Waals surface area contributed by atoms with Crippen molar-refractivity contribution in [2.75, 3.05) is 13.1 Å². The molecule has 1 aliphatic heterocycles. The molecule has 0 bridgehead atoms. The van der Waals surface area contributed by atoms with E-state index in [-0.39, 0.29) is 18.5 Å². The Balaban J connectivity index is 1.77. The molecular formula is C13H19N3O5. The summed E-state index contributed by atoms with van der Waals surface area (Å²) in [6, 6.07) is -0.482. The van der Waals surface area contributed by atoms with E-state index in [0.29, 0.717) is 0 Å². The number of imide groups is 1. The third-order valence-corrected chi connectivity index (χ3v) is 3.60. The predicted octanol–water partition coefficient (Wildman–Crippen LogP) is -0.471. The average molecular weight is 297 g/mol. The maximum atomic E-state index is 11.9. The molecule has 4 amide bonds. The first-order valence-electron chi connectivity index (χ1n) is 7.05. The molecule has 1 heterocycles. The molecule has 1 aliphatic carbocycles. The van der Waals surface area contributed by atoms with Gasteiger partial charge in [0, 0.05) is 6.04 Å². The average Bonchev–Trinajstić information content (AvgIpc) is 3.03. The Bertz CT molecular complexity index is 443. The van der Waals surface area contributed by atoms with Crippen molar-refractivity contribution in [3.8, 4) is 0 Å². The summed E-state index contributed by atoms with van der Waals surface area (Å²) < 4.78 is 4.96. The minimum absolute atomic E-state index is 0.121. The number of carbonyl (C=O) groups is 4. The molecule has 8 nitrogen and oxygen atoms in total. The fourth-order valence-electron chi connectivity index (χ4n) is 2.42. The highest BCUT2D eigenvalue weighted by atomic mass is 16.5. The van der Waals surface area contributed by atoms with Crippen LogP contribution in [0.25, 0.3) is 0 Å². The first-order chi connectivity index (χ1) is 9.97. The molecule has 1 saturated heterocycles. The largest absolute Gasteiger partial charge is 0.451 e. The number of nitrogens with one attached hydrogen (secondary N) is 2. The highest BCUT2D eigenvalue weighted by Crippen LogP contribution is 2.17. The highest BCUT2D eigenvalue weighted by Gasteiger charge is 2.32. The van der Waals surface area contributed by atoms with Crippen LogP contribution in [0.3, 0.4) is 0 Å². The van der Waals surface area contributed by atoms with Crippen molar-refractivity contribution in [2.24, 2.45) is 0 Å². The van der Waals surface area contributed by atoms with Gasteiger partial charge >= 0.3 is 12.0 Å². The van der Waals surface area contributed by atoms with Crippen LogP contribution in [0.5, 0.6) is 0 Å². The Hall–Kier alpha value is -2.12. The molecule has 0 aromatic carbocycles. The summed E-state index contributed by atoms with van der Waals surface area (Å²) in [5.74, 6) is -1.62. The summed E-state index contributed by atoms with van der Waals surface area (Å²) >= 11 is 0. The van der Waals surface area contributed by atoms with Crippen LogP contribution in [0, 0.1) is 0 Å². The molecule has 0 radical (unpaired) electrons. The van der Waals surface area contributed by atoms with Crippen LogP contribution in [0.4, 0.5) is 4.79 Å². The summed E-state index contributed by atoms with van der Waals surface area (Å²) in [6.45, 7) is 0.865. The monoisotopic (exact) mass is 297 g/mol. The topological polar surface area (TPSA) is 105 Å². The molecule has 116 valence electrons. The number of nitrogens with zero attached hydrogens (tertiary/aromatic N) is 1. The molecule has 0 spiro atoms. The van der Waals surface area contributed by atoms with Gasteiger partial charge in [-0.15, -0.1) is 0 Å². The van der Waals surface area contributed by atoms with Crippen LogP contribution in [-0.2, 0) is 19.1 Å². The number of rotatable bonds is 5. The van der Waals surface area contributed by atoms with Gasteiger partial charge in [0.05, 0.1) is 6.54 Å². The van der Waals surface area contributed by atoms with Crippen LogP contribution >= 0.6 is 0 Å². The zero-order chi connectivity index (χ0) is 15.4. The van der Waals surface area contributed by atoms with Gasteiger partial charge in [-0.3, -0.25) is 19.3 Å². The van der Waals surface area contributed by atoms with Gasteiger partial charge in [-0.25, -0.2) is 4.79 Å². The number of urea groups is 1. The van der Waals surface area contributed by atoms with Gasteiger partial charge in [0.25, 0.3) is 11.8 Å². The zero-order valence-corrected chi connectivity index (χ0v) is 11.9. The first kappa shape index (κ1) is 15.3. The lowest BCUT2D eigenvalue weighted by Crippen LogP contribution is -2.43. The summed E-state index contributed by atoms with van der Waals surface area (Å²) in [6.07, 6.45) is 3.11. The maximum Gasteiger partial charge on any atom is 0.327 e. The highest BCUT2D eigenvalue weighted by molar-refractivity contribution is 6.04. The molecule has 1 atom stereocenters. The Morgan fingerprint density at radius 2 is 2.05 bits per heavy atom. The Labute approximate surface area is 122 Å². The minimum atomic E-state index is -0.945. The third kappa shape index (κ3) is 3.93. The predicted molar refractivity (Wildman–Crippen MR) is 71.1 cm³/mol. The van der Waals surface area contributed by atoms with E-state index in [1.165, 1.54) is 6.92 Å². The lowest BCUT2D eigenvalue weighted by Gasteiger charge is -2.18. The quantitative estimate of drug-likeness (QED) is 0.527. The summed E-state index contributed by atoms with van der Waals surface area (Å²) in [7, 11) is 0. The van der Waals surface area contributed by atoms with E-state index in [9.17, 15) is 19.2 Å². The second-order valence-corrected chi connectivity index (χ2v) is 5.26. The van der Waals surface area contributed by atoms with Crippen LogP contribution in [0.1, 0.15) is 32.6 Å².